The molecule has 1 N–H and O–H groups in total. The number of nitrogens with zero attached hydrogens (tertiary/aromatic N) is 5. The summed E-state index contributed by atoms with van der Waals surface area (Å²) in [6.45, 7) is 3.50. The van der Waals surface area contributed by atoms with Crippen molar-refractivity contribution in [3.63, 3.8) is 0 Å². The van der Waals surface area contributed by atoms with Gasteiger partial charge in [0.2, 0.25) is 5.91 Å². The van der Waals surface area contributed by atoms with Gasteiger partial charge in [0, 0.05) is 13.2 Å². The summed E-state index contributed by atoms with van der Waals surface area (Å²) in [5.41, 5.74) is 0.987. The second-order valence-corrected chi connectivity index (χ2v) is 4.69. The Hall–Kier alpha value is -2.71. The molecular weight excluding hydrogens is 276 g/mol. The summed E-state index contributed by atoms with van der Waals surface area (Å²) in [7, 11) is 1.79. The van der Waals surface area contributed by atoms with Gasteiger partial charge in [-0.3, -0.25) is 24.3 Å². The Bertz CT molecular complexity index is 674. The molecule has 2 aromatic heterocycles. The van der Waals surface area contributed by atoms with E-state index in [1.54, 1.807) is 37.8 Å². The van der Waals surface area contributed by atoms with E-state index in [2.05, 4.69) is 15.5 Å². The van der Waals surface area contributed by atoms with E-state index in [9.17, 15) is 14.9 Å². The minimum atomic E-state index is -0.637. The van der Waals surface area contributed by atoms with E-state index in [0.29, 0.717) is 12.2 Å². The SMILES string of the molecule is Cc1c([N+](=O)[O-])cnn1C(C)C(=O)NCc1ccn(C)n1. The number of hydrogen-bond donors (Lipinski definition) is 1. The summed E-state index contributed by atoms with van der Waals surface area (Å²) in [4.78, 5) is 22.3. The molecule has 0 saturated carbocycles. The zero-order chi connectivity index (χ0) is 15.6. The van der Waals surface area contributed by atoms with Gasteiger partial charge in [0.1, 0.15) is 17.9 Å². The van der Waals surface area contributed by atoms with Gasteiger partial charge in [0.05, 0.1) is 17.2 Å². The van der Waals surface area contributed by atoms with Gasteiger partial charge in [0.25, 0.3) is 0 Å². The number of nitrogens with one attached hydrogen (secondary N) is 1. The standard InChI is InChI=1S/C12H16N6O3/c1-8-11(18(20)21)7-14-17(8)9(2)12(19)13-6-10-4-5-16(3)15-10/h4-5,7,9H,6H2,1-3H3,(H,13,19). The van der Waals surface area contributed by atoms with Crippen LogP contribution >= 0.6 is 0 Å². The number of carbonyl (C=O) groups is 1. The molecule has 0 aliphatic carbocycles. The molecule has 0 bridgehead atoms. The summed E-state index contributed by atoms with van der Waals surface area (Å²) in [6.07, 6.45) is 2.93. The van der Waals surface area contributed by atoms with Crippen LogP contribution in [0, 0.1) is 17.0 Å². The average Bonchev–Trinajstić information content (AvgIpc) is 3.01. The highest BCUT2D eigenvalue weighted by Gasteiger charge is 2.23. The van der Waals surface area contributed by atoms with Crippen molar-refractivity contribution in [2.24, 2.45) is 7.05 Å². The lowest BCUT2D eigenvalue weighted by Crippen LogP contribution is -2.31. The normalized spacial score (nSPS) is 12.1. The smallest absolute Gasteiger partial charge is 0.309 e. The minimum absolute atomic E-state index is 0.0978. The van der Waals surface area contributed by atoms with Crippen LogP contribution in [0.5, 0.6) is 0 Å². The third-order valence-electron chi connectivity index (χ3n) is 3.17. The van der Waals surface area contributed by atoms with Crippen molar-refractivity contribution in [1.29, 1.82) is 0 Å². The van der Waals surface area contributed by atoms with Crippen LogP contribution in [-0.4, -0.2) is 30.4 Å². The minimum Gasteiger partial charge on any atom is -0.349 e. The summed E-state index contributed by atoms with van der Waals surface area (Å²) >= 11 is 0. The van der Waals surface area contributed by atoms with Crippen molar-refractivity contribution in [2.75, 3.05) is 0 Å². The van der Waals surface area contributed by atoms with Crippen molar-refractivity contribution in [3.8, 4) is 0 Å². The molecule has 0 saturated heterocycles. The Kier molecular flexibility index (Phi) is 4.01. The molecule has 1 unspecified atom stereocenters. The lowest BCUT2D eigenvalue weighted by molar-refractivity contribution is -0.385. The number of carbonyl (C=O) groups excluding carboxylic acids is 1. The summed E-state index contributed by atoms with van der Waals surface area (Å²) in [5.74, 6) is -0.276. The van der Waals surface area contributed by atoms with E-state index in [1.165, 1.54) is 4.68 Å². The fraction of sp³-hybridized carbons (Fsp3) is 0.417. The lowest BCUT2D eigenvalue weighted by Gasteiger charge is -2.13. The highest BCUT2D eigenvalue weighted by atomic mass is 16.6. The maximum Gasteiger partial charge on any atom is 0.309 e. The molecule has 0 spiro atoms. The molecule has 0 radical (unpaired) electrons. The second kappa shape index (κ2) is 5.73. The fourth-order valence-corrected chi connectivity index (χ4v) is 1.98. The van der Waals surface area contributed by atoms with Crippen LogP contribution in [0.4, 0.5) is 5.69 Å². The third kappa shape index (κ3) is 3.07. The van der Waals surface area contributed by atoms with Gasteiger partial charge in [-0.15, -0.1) is 0 Å². The Labute approximate surface area is 120 Å². The molecule has 2 aromatic rings. The number of hydrogen-bond acceptors (Lipinski definition) is 5. The van der Waals surface area contributed by atoms with Crippen molar-refractivity contribution in [3.05, 3.63) is 40.0 Å². The fourth-order valence-electron chi connectivity index (χ4n) is 1.98. The number of aryl methyl sites for hydroxylation is 1. The van der Waals surface area contributed by atoms with Crippen molar-refractivity contribution in [1.82, 2.24) is 24.9 Å². The predicted molar refractivity (Wildman–Crippen MR) is 73.4 cm³/mol. The van der Waals surface area contributed by atoms with Gasteiger partial charge in [0.15, 0.2) is 0 Å². The monoisotopic (exact) mass is 292 g/mol. The summed E-state index contributed by atoms with van der Waals surface area (Å²) in [6, 6.07) is 1.16. The van der Waals surface area contributed by atoms with Gasteiger partial charge >= 0.3 is 5.69 Å². The van der Waals surface area contributed by atoms with E-state index in [-0.39, 0.29) is 11.6 Å². The Morgan fingerprint density at radius 1 is 1.57 bits per heavy atom. The topological polar surface area (TPSA) is 108 Å². The molecule has 1 atom stereocenters. The van der Waals surface area contributed by atoms with E-state index in [0.717, 1.165) is 11.9 Å². The Morgan fingerprint density at radius 2 is 2.29 bits per heavy atom. The van der Waals surface area contributed by atoms with Crippen LogP contribution in [0.3, 0.4) is 0 Å². The zero-order valence-electron chi connectivity index (χ0n) is 12.0. The van der Waals surface area contributed by atoms with Gasteiger partial charge in [-0.25, -0.2) is 0 Å². The Balaban J connectivity index is 2.03. The number of amides is 1. The molecule has 9 heteroatoms. The molecule has 2 rings (SSSR count). The maximum atomic E-state index is 12.1. The molecule has 112 valence electrons. The molecule has 0 aliphatic heterocycles. The molecular formula is C12H16N6O3. The van der Waals surface area contributed by atoms with Crippen LogP contribution in [-0.2, 0) is 18.4 Å². The zero-order valence-corrected chi connectivity index (χ0v) is 12.0. The van der Waals surface area contributed by atoms with Crippen LogP contribution in [0.15, 0.2) is 18.5 Å². The summed E-state index contributed by atoms with van der Waals surface area (Å²) in [5, 5.41) is 21.6. The molecule has 2 heterocycles. The molecule has 0 aromatic carbocycles. The van der Waals surface area contributed by atoms with E-state index >= 15 is 0 Å². The molecule has 1 amide bonds. The van der Waals surface area contributed by atoms with Gasteiger partial charge in [-0.05, 0) is 19.9 Å². The Morgan fingerprint density at radius 3 is 2.81 bits per heavy atom. The third-order valence-corrected chi connectivity index (χ3v) is 3.17. The first-order valence-electron chi connectivity index (χ1n) is 6.35. The number of rotatable bonds is 5. The first kappa shape index (κ1) is 14.7. The van der Waals surface area contributed by atoms with Crippen molar-refractivity contribution in [2.45, 2.75) is 26.4 Å². The first-order valence-corrected chi connectivity index (χ1v) is 6.35. The van der Waals surface area contributed by atoms with Crippen LogP contribution in [0.2, 0.25) is 0 Å². The maximum absolute atomic E-state index is 12.1. The van der Waals surface area contributed by atoms with E-state index in [1.807, 2.05) is 0 Å². The first-order chi connectivity index (χ1) is 9.90. The number of nitro groups is 1. The van der Waals surface area contributed by atoms with Crippen LogP contribution < -0.4 is 5.32 Å². The second-order valence-electron chi connectivity index (χ2n) is 4.69. The largest absolute Gasteiger partial charge is 0.349 e. The van der Waals surface area contributed by atoms with Crippen molar-refractivity contribution >= 4 is 11.6 Å². The quantitative estimate of drug-likeness (QED) is 0.645. The van der Waals surface area contributed by atoms with Gasteiger partial charge < -0.3 is 5.32 Å². The average molecular weight is 292 g/mol. The number of aromatic nitrogens is 4. The predicted octanol–water partition coefficient (Wildman–Crippen LogP) is 0.711. The molecule has 21 heavy (non-hydrogen) atoms. The lowest BCUT2D eigenvalue weighted by atomic mass is 10.3. The van der Waals surface area contributed by atoms with Gasteiger partial charge in [-0.1, -0.05) is 0 Å². The highest BCUT2D eigenvalue weighted by Crippen LogP contribution is 2.19. The highest BCUT2D eigenvalue weighted by molar-refractivity contribution is 5.79. The van der Waals surface area contributed by atoms with Gasteiger partial charge in [-0.2, -0.15) is 10.2 Å². The molecule has 9 nitrogen and oxygen atoms in total. The van der Waals surface area contributed by atoms with Crippen LogP contribution in [0.25, 0.3) is 0 Å². The van der Waals surface area contributed by atoms with E-state index < -0.39 is 11.0 Å². The van der Waals surface area contributed by atoms with Crippen LogP contribution in [0.1, 0.15) is 24.4 Å². The van der Waals surface area contributed by atoms with E-state index in [4.69, 9.17) is 0 Å². The molecule has 0 fully saturated rings. The summed E-state index contributed by atoms with van der Waals surface area (Å²) < 4.78 is 2.98. The van der Waals surface area contributed by atoms with Crippen molar-refractivity contribution < 1.29 is 9.72 Å². The molecule has 0 aliphatic rings.